The summed E-state index contributed by atoms with van der Waals surface area (Å²) in [5.74, 6) is 0.721. The number of nitrogens with zero attached hydrogens (tertiary/aromatic N) is 2. The van der Waals surface area contributed by atoms with E-state index in [9.17, 15) is 4.79 Å². The van der Waals surface area contributed by atoms with Crippen LogP contribution in [0.4, 0.5) is 10.6 Å². The number of aromatic nitrogens is 1. The van der Waals surface area contributed by atoms with Crippen molar-refractivity contribution in [2.24, 2.45) is 0 Å². The molecule has 1 saturated heterocycles. The van der Waals surface area contributed by atoms with Crippen LogP contribution in [0.3, 0.4) is 0 Å². The molecule has 3 rings (SSSR count). The number of hydrogen-bond acceptors (Lipinski definition) is 3. The molecule has 0 unspecified atom stereocenters. The van der Waals surface area contributed by atoms with Gasteiger partial charge in [0.2, 0.25) is 0 Å². The average molecular weight is 283 g/mol. The molecule has 0 spiro atoms. The predicted molar refractivity (Wildman–Crippen MR) is 76.8 cm³/mol. The number of carbonyl (C=O) groups excluding carboxylic acids is 1. The van der Waals surface area contributed by atoms with Crippen LogP contribution in [0.1, 0.15) is 18.4 Å². The highest BCUT2D eigenvalue weighted by Gasteiger charge is 2.28. The molecule has 2 N–H and O–H groups in total. The zero-order chi connectivity index (χ0) is 12.4. The normalized spacial score (nSPS) is 20.0. The Morgan fingerprint density at radius 2 is 2.11 bits per heavy atom. The van der Waals surface area contributed by atoms with Crippen molar-refractivity contribution < 1.29 is 4.79 Å². The summed E-state index contributed by atoms with van der Waals surface area (Å²) >= 11 is 0. The number of halogens is 1. The lowest BCUT2D eigenvalue weighted by atomic mass is 10.0. The van der Waals surface area contributed by atoms with Crippen LogP contribution >= 0.6 is 12.4 Å². The van der Waals surface area contributed by atoms with Gasteiger partial charge in [-0.2, -0.15) is 0 Å². The molecule has 0 atom stereocenters. The van der Waals surface area contributed by atoms with Crippen LogP contribution in [0.5, 0.6) is 0 Å². The van der Waals surface area contributed by atoms with Crippen molar-refractivity contribution in [2.75, 3.05) is 25.0 Å². The van der Waals surface area contributed by atoms with Crippen LogP contribution in [0.15, 0.2) is 18.3 Å². The molecule has 3 heterocycles. The molecule has 1 aromatic rings. The molecule has 2 aliphatic heterocycles. The van der Waals surface area contributed by atoms with Gasteiger partial charge in [-0.15, -0.1) is 12.4 Å². The largest absolute Gasteiger partial charge is 0.323 e. The summed E-state index contributed by atoms with van der Waals surface area (Å²) in [7, 11) is 0. The number of carbonyl (C=O) groups is 1. The van der Waals surface area contributed by atoms with Gasteiger partial charge in [0.15, 0.2) is 0 Å². The van der Waals surface area contributed by atoms with E-state index in [1.165, 1.54) is 0 Å². The number of anilines is 1. The monoisotopic (exact) mass is 282 g/mol. The van der Waals surface area contributed by atoms with Gasteiger partial charge in [-0.3, -0.25) is 5.32 Å². The maximum absolute atomic E-state index is 12.2. The third-order valence-corrected chi connectivity index (χ3v) is 3.75. The van der Waals surface area contributed by atoms with Crippen molar-refractivity contribution in [3.63, 3.8) is 0 Å². The fraction of sp³-hybridized carbons (Fsp3) is 0.538. The summed E-state index contributed by atoms with van der Waals surface area (Å²) in [6, 6.07) is 4.32. The fourth-order valence-corrected chi connectivity index (χ4v) is 2.74. The first-order valence-electron chi connectivity index (χ1n) is 6.57. The number of fused-ring (bicyclic) bond motifs is 1. The van der Waals surface area contributed by atoms with E-state index >= 15 is 0 Å². The Kier molecular flexibility index (Phi) is 4.61. The number of piperidine rings is 1. The molecule has 0 aliphatic carbocycles. The van der Waals surface area contributed by atoms with Crippen molar-refractivity contribution in [3.8, 4) is 0 Å². The van der Waals surface area contributed by atoms with Gasteiger partial charge < -0.3 is 10.2 Å². The van der Waals surface area contributed by atoms with E-state index in [0.717, 1.165) is 50.3 Å². The second-order valence-corrected chi connectivity index (χ2v) is 4.87. The Hall–Kier alpha value is -1.33. The van der Waals surface area contributed by atoms with Crippen molar-refractivity contribution in [1.29, 1.82) is 0 Å². The highest BCUT2D eigenvalue weighted by atomic mass is 35.5. The second-order valence-electron chi connectivity index (χ2n) is 4.87. The van der Waals surface area contributed by atoms with Crippen molar-refractivity contribution in [2.45, 2.75) is 25.3 Å². The Morgan fingerprint density at radius 1 is 1.32 bits per heavy atom. The number of urea groups is 1. The molecular formula is C13H19ClN4O. The Balaban J connectivity index is 0.00000133. The molecule has 1 aromatic heterocycles. The molecule has 5 nitrogen and oxygen atoms in total. The first-order valence-corrected chi connectivity index (χ1v) is 6.57. The van der Waals surface area contributed by atoms with Crippen molar-refractivity contribution in [3.05, 3.63) is 23.9 Å². The van der Waals surface area contributed by atoms with Crippen LogP contribution in [-0.4, -0.2) is 41.6 Å². The van der Waals surface area contributed by atoms with Crippen molar-refractivity contribution >= 4 is 24.3 Å². The quantitative estimate of drug-likeness (QED) is 0.823. The highest BCUT2D eigenvalue weighted by molar-refractivity contribution is 5.90. The summed E-state index contributed by atoms with van der Waals surface area (Å²) in [5.41, 5.74) is 1.13. The van der Waals surface area contributed by atoms with Crippen LogP contribution in [0, 0.1) is 0 Å². The predicted octanol–water partition coefficient (Wildman–Crippen LogP) is 1.65. The smallest absolute Gasteiger partial charge is 0.321 e. The summed E-state index contributed by atoms with van der Waals surface area (Å²) in [4.78, 5) is 18.4. The summed E-state index contributed by atoms with van der Waals surface area (Å²) in [6.45, 7) is 2.79. The minimum atomic E-state index is -0.000602. The third-order valence-electron chi connectivity index (χ3n) is 3.75. The van der Waals surface area contributed by atoms with Crippen LogP contribution in [-0.2, 0) is 6.42 Å². The first-order chi connectivity index (χ1) is 8.84. The number of amides is 2. The van der Waals surface area contributed by atoms with E-state index < -0.39 is 0 Å². The minimum absolute atomic E-state index is 0. The molecule has 0 radical (unpaired) electrons. The van der Waals surface area contributed by atoms with E-state index in [1.54, 1.807) is 6.20 Å². The van der Waals surface area contributed by atoms with Crippen LogP contribution < -0.4 is 10.6 Å². The lowest BCUT2D eigenvalue weighted by Gasteiger charge is -2.33. The van der Waals surface area contributed by atoms with Crippen LogP contribution in [0.25, 0.3) is 0 Å². The topological polar surface area (TPSA) is 57.3 Å². The molecule has 2 aliphatic rings. The highest BCUT2D eigenvalue weighted by Crippen LogP contribution is 2.21. The van der Waals surface area contributed by atoms with Gasteiger partial charge in [-0.1, -0.05) is 6.07 Å². The van der Waals surface area contributed by atoms with Crippen molar-refractivity contribution in [1.82, 2.24) is 15.2 Å². The minimum Gasteiger partial charge on any atom is -0.321 e. The van der Waals surface area contributed by atoms with Gasteiger partial charge in [-0.25, -0.2) is 9.78 Å². The van der Waals surface area contributed by atoms with Gasteiger partial charge in [0.05, 0.1) is 0 Å². The van der Waals surface area contributed by atoms with Gasteiger partial charge in [0.25, 0.3) is 0 Å². The molecule has 1 fully saturated rings. The number of nitrogens with one attached hydrogen (secondary N) is 2. The SMILES string of the molecule is Cl.O=C1Nc2ncccc2CCN1C1CCNCC1. The van der Waals surface area contributed by atoms with E-state index in [4.69, 9.17) is 0 Å². The second kappa shape index (κ2) is 6.21. The van der Waals surface area contributed by atoms with Crippen LogP contribution in [0.2, 0.25) is 0 Å². The molecular weight excluding hydrogens is 264 g/mol. The molecule has 6 heteroatoms. The Morgan fingerprint density at radius 3 is 2.89 bits per heavy atom. The van der Waals surface area contributed by atoms with E-state index in [1.807, 2.05) is 17.0 Å². The molecule has 104 valence electrons. The first kappa shape index (κ1) is 14.1. The number of rotatable bonds is 1. The molecule has 19 heavy (non-hydrogen) atoms. The van der Waals surface area contributed by atoms with Gasteiger partial charge >= 0.3 is 6.03 Å². The fourth-order valence-electron chi connectivity index (χ4n) is 2.74. The molecule has 0 bridgehead atoms. The molecule has 0 saturated carbocycles. The molecule has 0 aromatic carbocycles. The van der Waals surface area contributed by atoms with E-state index in [2.05, 4.69) is 15.6 Å². The maximum atomic E-state index is 12.2. The summed E-state index contributed by atoms with van der Waals surface area (Å²) < 4.78 is 0. The summed E-state index contributed by atoms with van der Waals surface area (Å²) in [6.07, 6.45) is 4.68. The lowest BCUT2D eigenvalue weighted by molar-refractivity contribution is 0.173. The number of hydrogen-bond donors (Lipinski definition) is 2. The Labute approximate surface area is 119 Å². The zero-order valence-electron chi connectivity index (χ0n) is 10.8. The third kappa shape index (κ3) is 2.98. The van der Waals surface area contributed by atoms with E-state index in [0.29, 0.717) is 6.04 Å². The number of pyridine rings is 1. The van der Waals surface area contributed by atoms with Gasteiger partial charge in [0.1, 0.15) is 5.82 Å². The molecule has 2 amide bonds. The Bertz CT molecular complexity index is 448. The zero-order valence-corrected chi connectivity index (χ0v) is 11.6. The maximum Gasteiger partial charge on any atom is 0.323 e. The standard InChI is InChI=1S/C13H18N4O.ClH/c18-13-16-12-10(2-1-6-15-12)5-9-17(13)11-3-7-14-8-4-11;/h1-2,6,11,14H,3-5,7-9H2,(H,15,16,18);1H. The van der Waals surface area contributed by atoms with Gasteiger partial charge in [0, 0.05) is 18.8 Å². The lowest BCUT2D eigenvalue weighted by Crippen LogP contribution is -2.47. The summed E-state index contributed by atoms with van der Waals surface area (Å²) in [5, 5.41) is 6.26. The van der Waals surface area contributed by atoms with Gasteiger partial charge in [-0.05, 0) is 44.0 Å². The average Bonchev–Trinajstić information content (AvgIpc) is 2.58. The van der Waals surface area contributed by atoms with E-state index in [-0.39, 0.29) is 18.4 Å².